The number of aryl methyl sites for hydroxylation is 2. The molecule has 1 aliphatic carbocycles. The van der Waals surface area contributed by atoms with Gasteiger partial charge in [-0.3, -0.25) is 0 Å². The molecule has 1 saturated carbocycles. The average molecular weight is 247 g/mol. The number of hydrogen-bond donors (Lipinski definition) is 1. The molecule has 0 radical (unpaired) electrons. The van der Waals surface area contributed by atoms with Crippen molar-refractivity contribution in [2.45, 2.75) is 58.3 Å². The normalized spacial score (nSPS) is 18.2. The largest absolute Gasteiger partial charge is 0.319 e. The molecule has 3 heteroatoms. The van der Waals surface area contributed by atoms with E-state index in [2.05, 4.69) is 26.1 Å². The summed E-state index contributed by atoms with van der Waals surface area (Å²) in [7, 11) is 1.99. The van der Waals surface area contributed by atoms with Gasteiger partial charge in [0.05, 0.1) is 0 Å². The van der Waals surface area contributed by atoms with E-state index in [-0.39, 0.29) is 0 Å². The molecular weight excluding hydrogens is 222 g/mol. The van der Waals surface area contributed by atoms with Gasteiger partial charge in [0.1, 0.15) is 5.82 Å². The minimum Gasteiger partial charge on any atom is -0.319 e. The molecule has 3 nitrogen and oxygen atoms in total. The topological polar surface area (TPSA) is 37.8 Å². The van der Waals surface area contributed by atoms with Gasteiger partial charge < -0.3 is 5.32 Å². The van der Waals surface area contributed by atoms with Crippen LogP contribution in [0.15, 0.2) is 0 Å². The highest BCUT2D eigenvalue weighted by atomic mass is 14.9. The molecule has 0 spiro atoms. The monoisotopic (exact) mass is 247 g/mol. The Kier molecular flexibility index (Phi) is 4.33. The maximum absolute atomic E-state index is 4.78. The molecule has 0 aromatic carbocycles. The third-order valence-corrected chi connectivity index (χ3v) is 4.07. The summed E-state index contributed by atoms with van der Waals surface area (Å²) >= 11 is 0. The summed E-state index contributed by atoms with van der Waals surface area (Å²) in [4.78, 5) is 9.56. The van der Waals surface area contributed by atoms with Crippen molar-refractivity contribution in [3.05, 3.63) is 22.8 Å². The number of nitrogens with one attached hydrogen (secondary N) is 1. The highest BCUT2D eigenvalue weighted by molar-refractivity contribution is 5.29. The summed E-state index contributed by atoms with van der Waals surface area (Å²) in [6.45, 7) is 7.49. The second kappa shape index (κ2) is 5.79. The van der Waals surface area contributed by atoms with Crippen LogP contribution in [0.1, 0.15) is 67.2 Å². The van der Waals surface area contributed by atoms with E-state index in [0.717, 1.165) is 12.4 Å². The van der Waals surface area contributed by atoms with Crippen LogP contribution in [-0.4, -0.2) is 23.6 Å². The van der Waals surface area contributed by atoms with Gasteiger partial charge in [0.15, 0.2) is 0 Å². The Morgan fingerprint density at radius 1 is 1.17 bits per heavy atom. The molecule has 1 unspecified atom stereocenters. The van der Waals surface area contributed by atoms with Crippen LogP contribution in [0, 0.1) is 13.8 Å². The zero-order valence-electron chi connectivity index (χ0n) is 12.1. The Morgan fingerprint density at radius 2 is 1.72 bits per heavy atom. The molecule has 1 atom stereocenters. The van der Waals surface area contributed by atoms with E-state index >= 15 is 0 Å². The highest BCUT2D eigenvalue weighted by Crippen LogP contribution is 2.33. The molecule has 1 aromatic heterocycles. The van der Waals surface area contributed by atoms with Crippen molar-refractivity contribution in [1.29, 1.82) is 0 Å². The van der Waals surface area contributed by atoms with Gasteiger partial charge in [-0.25, -0.2) is 9.97 Å². The third kappa shape index (κ3) is 2.72. The number of hydrogen-bond acceptors (Lipinski definition) is 3. The van der Waals surface area contributed by atoms with E-state index in [1.807, 2.05) is 7.05 Å². The van der Waals surface area contributed by atoms with E-state index in [1.54, 1.807) is 0 Å². The Morgan fingerprint density at radius 3 is 2.22 bits per heavy atom. The number of likely N-dealkylation sites (N-methyl/N-ethyl adjacent to an activating group) is 1. The molecule has 1 fully saturated rings. The lowest BCUT2D eigenvalue weighted by Crippen LogP contribution is -2.18. The lowest BCUT2D eigenvalue weighted by Gasteiger charge is -2.18. The third-order valence-electron chi connectivity index (χ3n) is 4.07. The van der Waals surface area contributed by atoms with Gasteiger partial charge >= 0.3 is 0 Å². The van der Waals surface area contributed by atoms with Gasteiger partial charge in [-0.1, -0.05) is 19.8 Å². The first-order valence-electron chi connectivity index (χ1n) is 7.13. The Balaban J connectivity index is 2.28. The van der Waals surface area contributed by atoms with E-state index in [9.17, 15) is 0 Å². The Labute approximate surface area is 110 Å². The van der Waals surface area contributed by atoms with Crippen molar-refractivity contribution < 1.29 is 0 Å². The van der Waals surface area contributed by atoms with Crippen LogP contribution < -0.4 is 5.32 Å². The van der Waals surface area contributed by atoms with Crippen LogP contribution >= 0.6 is 0 Å². The summed E-state index contributed by atoms with van der Waals surface area (Å²) in [5, 5.41) is 3.23. The fraction of sp³-hybridized carbons (Fsp3) is 0.733. The van der Waals surface area contributed by atoms with Crippen molar-refractivity contribution in [3.63, 3.8) is 0 Å². The van der Waals surface area contributed by atoms with Gasteiger partial charge in [0, 0.05) is 23.9 Å². The van der Waals surface area contributed by atoms with E-state index in [4.69, 9.17) is 9.97 Å². The van der Waals surface area contributed by atoms with Crippen molar-refractivity contribution in [2.75, 3.05) is 13.6 Å². The van der Waals surface area contributed by atoms with E-state index in [1.165, 1.54) is 42.6 Å². The van der Waals surface area contributed by atoms with Gasteiger partial charge in [-0.05, 0) is 45.2 Å². The summed E-state index contributed by atoms with van der Waals surface area (Å²) in [6, 6.07) is 0. The van der Waals surface area contributed by atoms with Gasteiger partial charge in [0.2, 0.25) is 0 Å². The standard InChI is InChI=1S/C15H25N3/c1-10(9-16-4)14-11(2)17-15(18-12(14)3)13-7-5-6-8-13/h10,13,16H,5-9H2,1-4H3. The lowest BCUT2D eigenvalue weighted by molar-refractivity contribution is 0.630. The van der Waals surface area contributed by atoms with Crippen molar-refractivity contribution in [3.8, 4) is 0 Å². The highest BCUT2D eigenvalue weighted by Gasteiger charge is 2.22. The molecule has 1 heterocycles. The minimum absolute atomic E-state index is 0.479. The number of rotatable bonds is 4. The zero-order valence-corrected chi connectivity index (χ0v) is 12.1. The molecule has 1 aliphatic rings. The summed E-state index contributed by atoms with van der Waals surface area (Å²) in [5.41, 5.74) is 3.67. The molecule has 0 bridgehead atoms. The van der Waals surface area contributed by atoms with Crippen LogP contribution in [-0.2, 0) is 0 Å². The summed E-state index contributed by atoms with van der Waals surface area (Å²) in [5.74, 6) is 2.17. The molecule has 1 N–H and O–H groups in total. The van der Waals surface area contributed by atoms with Crippen LogP contribution in [0.4, 0.5) is 0 Å². The second-order valence-corrected chi connectivity index (χ2v) is 5.61. The lowest BCUT2D eigenvalue weighted by atomic mass is 9.97. The first kappa shape index (κ1) is 13.5. The van der Waals surface area contributed by atoms with Crippen molar-refractivity contribution in [2.24, 2.45) is 0 Å². The quantitative estimate of drug-likeness (QED) is 0.888. The van der Waals surface area contributed by atoms with Crippen molar-refractivity contribution in [1.82, 2.24) is 15.3 Å². The molecule has 0 saturated heterocycles. The molecule has 18 heavy (non-hydrogen) atoms. The molecular formula is C15H25N3. The molecule has 0 amide bonds. The minimum atomic E-state index is 0.479. The fourth-order valence-electron chi connectivity index (χ4n) is 3.24. The smallest absolute Gasteiger partial charge is 0.131 e. The van der Waals surface area contributed by atoms with E-state index < -0.39 is 0 Å². The Hall–Kier alpha value is -0.960. The molecule has 1 aromatic rings. The first-order chi connectivity index (χ1) is 8.63. The SMILES string of the molecule is CNCC(C)c1c(C)nc(C2CCCC2)nc1C. The van der Waals surface area contributed by atoms with Gasteiger partial charge in [0.25, 0.3) is 0 Å². The zero-order chi connectivity index (χ0) is 13.1. The molecule has 100 valence electrons. The first-order valence-corrected chi connectivity index (χ1v) is 7.13. The second-order valence-electron chi connectivity index (χ2n) is 5.61. The maximum atomic E-state index is 4.78. The predicted octanol–water partition coefficient (Wildman–Crippen LogP) is 3.07. The van der Waals surface area contributed by atoms with Gasteiger partial charge in [-0.15, -0.1) is 0 Å². The average Bonchev–Trinajstić information content (AvgIpc) is 2.81. The van der Waals surface area contributed by atoms with Crippen LogP contribution in [0.3, 0.4) is 0 Å². The summed E-state index contributed by atoms with van der Waals surface area (Å²) in [6.07, 6.45) is 5.21. The summed E-state index contributed by atoms with van der Waals surface area (Å²) < 4.78 is 0. The van der Waals surface area contributed by atoms with Crippen LogP contribution in [0.25, 0.3) is 0 Å². The Bertz CT molecular complexity index is 385. The van der Waals surface area contributed by atoms with E-state index in [0.29, 0.717) is 11.8 Å². The maximum Gasteiger partial charge on any atom is 0.131 e. The fourth-order valence-corrected chi connectivity index (χ4v) is 3.24. The molecule has 0 aliphatic heterocycles. The van der Waals surface area contributed by atoms with Crippen molar-refractivity contribution >= 4 is 0 Å². The predicted molar refractivity (Wildman–Crippen MR) is 75.1 cm³/mol. The number of nitrogens with zero attached hydrogens (tertiary/aromatic N) is 2. The molecule has 2 rings (SSSR count). The van der Waals surface area contributed by atoms with Crippen LogP contribution in [0.5, 0.6) is 0 Å². The van der Waals surface area contributed by atoms with Crippen LogP contribution in [0.2, 0.25) is 0 Å². The number of aromatic nitrogens is 2. The van der Waals surface area contributed by atoms with Gasteiger partial charge in [-0.2, -0.15) is 0 Å².